The summed E-state index contributed by atoms with van der Waals surface area (Å²) in [6.45, 7) is 0. The van der Waals surface area contributed by atoms with Gasteiger partial charge < -0.3 is 14.9 Å². The van der Waals surface area contributed by atoms with Crippen LogP contribution in [0.3, 0.4) is 0 Å². The third-order valence-corrected chi connectivity index (χ3v) is 2.71. The lowest BCUT2D eigenvalue weighted by molar-refractivity contribution is 0.149. The number of ether oxygens (including phenoxy) is 1. The van der Waals surface area contributed by atoms with Gasteiger partial charge in [-0.25, -0.2) is 4.39 Å². The van der Waals surface area contributed by atoms with Gasteiger partial charge in [-0.05, 0) is 24.5 Å². The molecule has 0 saturated heterocycles. The molecular weight excluding hydrogens is 199 g/mol. The van der Waals surface area contributed by atoms with Crippen LogP contribution in [0.1, 0.15) is 18.4 Å². The van der Waals surface area contributed by atoms with Crippen LogP contribution < -0.4 is 4.74 Å². The Morgan fingerprint density at radius 2 is 2.13 bits per heavy atom. The van der Waals surface area contributed by atoms with Crippen molar-refractivity contribution in [1.29, 1.82) is 0 Å². The normalized spacial score (nSPS) is 17.5. The maximum absolute atomic E-state index is 13.7. The highest BCUT2D eigenvalue weighted by molar-refractivity contribution is 5.44. The minimum atomic E-state index is -0.747. The minimum absolute atomic E-state index is 0.156. The molecule has 0 bridgehead atoms. The van der Waals surface area contributed by atoms with Crippen LogP contribution >= 0.6 is 0 Å². The smallest absolute Gasteiger partial charge is 0.196 e. The van der Waals surface area contributed by atoms with Crippen LogP contribution in [0, 0.1) is 5.82 Å². The van der Waals surface area contributed by atoms with Crippen molar-refractivity contribution in [3.05, 3.63) is 23.5 Å². The van der Waals surface area contributed by atoms with Crippen molar-refractivity contribution in [2.45, 2.75) is 24.9 Å². The number of benzene rings is 1. The first-order chi connectivity index (χ1) is 7.06. The Balaban J connectivity index is 2.31. The fourth-order valence-electron chi connectivity index (χ4n) is 1.59. The van der Waals surface area contributed by atoms with E-state index < -0.39 is 11.4 Å². The summed E-state index contributed by atoms with van der Waals surface area (Å²) in [4.78, 5) is 0. The predicted octanol–water partition coefficient (Wildman–Crippen LogP) is 1.61. The van der Waals surface area contributed by atoms with E-state index in [2.05, 4.69) is 0 Å². The van der Waals surface area contributed by atoms with Crippen LogP contribution in [-0.4, -0.2) is 22.9 Å². The van der Waals surface area contributed by atoms with Gasteiger partial charge >= 0.3 is 0 Å². The fourth-order valence-corrected chi connectivity index (χ4v) is 1.59. The summed E-state index contributed by atoms with van der Waals surface area (Å²) < 4.78 is 18.4. The Morgan fingerprint density at radius 3 is 2.67 bits per heavy atom. The summed E-state index contributed by atoms with van der Waals surface area (Å²) in [5.41, 5.74) is -0.368. The molecule has 1 fully saturated rings. The van der Waals surface area contributed by atoms with E-state index in [0.29, 0.717) is 18.4 Å². The zero-order valence-corrected chi connectivity index (χ0v) is 8.46. The van der Waals surface area contributed by atoms with Gasteiger partial charge in [-0.2, -0.15) is 0 Å². The monoisotopic (exact) mass is 212 g/mol. The number of aliphatic hydroxyl groups is 1. The van der Waals surface area contributed by atoms with Gasteiger partial charge in [-0.15, -0.1) is 0 Å². The zero-order chi connectivity index (χ0) is 11.1. The van der Waals surface area contributed by atoms with Gasteiger partial charge in [0.05, 0.1) is 12.7 Å². The summed E-state index contributed by atoms with van der Waals surface area (Å²) in [6.07, 6.45) is 1.68. The standard InChI is InChI=1S/C11H13FO3/c1-15-10-8(13)3-2-7(9(10)12)6-11(14)4-5-11/h2-3,13-14H,4-6H2,1H3. The second-order valence-corrected chi connectivity index (χ2v) is 3.99. The molecule has 1 aromatic carbocycles. The molecule has 2 N–H and O–H groups in total. The molecule has 15 heavy (non-hydrogen) atoms. The Labute approximate surface area is 87.1 Å². The molecule has 2 rings (SSSR count). The Kier molecular flexibility index (Phi) is 2.31. The lowest BCUT2D eigenvalue weighted by Gasteiger charge is -2.11. The second kappa shape index (κ2) is 3.38. The molecule has 0 spiro atoms. The molecule has 1 aromatic rings. The quantitative estimate of drug-likeness (QED) is 0.800. The van der Waals surface area contributed by atoms with Crippen molar-refractivity contribution in [2.24, 2.45) is 0 Å². The highest BCUT2D eigenvalue weighted by Crippen LogP contribution is 2.40. The average Bonchev–Trinajstić information content (AvgIpc) is 2.90. The van der Waals surface area contributed by atoms with Crippen molar-refractivity contribution in [3.63, 3.8) is 0 Å². The maximum Gasteiger partial charge on any atom is 0.196 e. The lowest BCUT2D eigenvalue weighted by atomic mass is 10.1. The highest BCUT2D eigenvalue weighted by atomic mass is 19.1. The van der Waals surface area contributed by atoms with Gasteiger partial charge in [-0.1, -0.05) is 6.07 Å². The Bertz CT molecular complexity index is 386. The van der Waals surface area contributed by atoms with Crippen molar-refractivity contribution in [1.82, 2.24) is 0 Å². The number of phenolic OH excluding ortho intramolecular Hbond substituents is 1. The molecule has 0 aliphatic heterocycles. The molecule has 0 atom stereocenters. The lowest BCUT2D eigenvalue weighted by Crippen LogP contribution is -2.12. The molecular formula is C11H13FO3. The first-order valence-corrected chi connectivity index (χ1v) is 4.82. The van der Waals surface area contributed by atoms with E-state index in [1.807, 2.05) is 0 Å². The average molecular weight is 212 g/mol. The number of hydrogen-bond donors (Lipinski definition) is 2. The van der Waals surface area contributed by atoms with Gasteiger partial charge in [0, 0.05) is 6.42 Å². The SMILES string of the molecule is COc1c(O)ccc(CC2(O)CC2)c1F. The molecule has 1 saturated carbocycles. The molecule has 1 aliphatic carbocycles. The molecule has 0 amide bonds. The first-order valence-electron chi connectivity index (χ1n) is 4.82. The molecule has 1 aliphatic rings. The molecule has 3 nitrogen and oxygen atoms in total. The van der Waals surface area contributed by atoms with Crippen LogP contribution in [0.5, 0.6) is 11.5 Å². The van der Waals surface area contributed by atoms with Crippen molar-refractivity contribution in [2.75, 3.05) is 7.11 Å². The van der Waals surface area contributed by atoms with Gasteiger partial charge in [0.1, 0.15) is 0 Å². The van der Waals surface area contributed by atoms with E-state index in [1.54, 1.807) is 0 Å². The summed E-state index contributed by atoms with van der Waals surface area (Å²) >= 11 is 0. The molecule has 4 heteroatoms. The largest absolute Gasteiger partial charge is 0.504 e. The number of phenols is 1. The first kappa shape index (κ1) is 10.2. The molecule has 82 valence electrons. The van der Waals surface area contributed by atoms with Crippen LogP contribution in [0.2, 0.25) is 0 Å². The molecule has 0 unspecified atom stereocenters. The van der Waals surface area contributed by atoms with Gasteiger partial charge in [-0.3, -0.25) is 0 Å². The van der Waals surface area contributed by atoms with Crippen LogP contribution in [0.15, 0.2) is 12.1 Å². The Hall–Kier alpha value is -1.29. The summed E-state index contributed by atoms with van der Waals surface area (Å²) in [5, 5.41) is 19.0. The van der Waals surface area contributed by atoms with Crippen molar-refractivity contribution < 1.29 is 19.3 Å². The van der Waals surface area contributed by atoms with Crippen LogP contribution in [-0.2, 0) is 6.42 Å². The fraction of sp³-hybridized carbons (Fsp3) is 0.455. The van der Waals surface area contributed by atoms with Gasteiger partial charge in [0.2, 0.25) is 0 Å². The Morgan fingerprint density at radius 1 is 1.47 bits per heavy atom. The van der Waals surface area contributed by atoms with Gasteiger partial charge in [0.15, 0.2) is 17.3 Å². The van der Waals surface area contributed by atoms with E-state index in [9.17, 15) is 14.6 Å². The topological polar surface area (TPSA) is 49.7 Å². The minimum Gasteiger partial charge on any atom is -0.504 e. The molecule has 0 radical (unpaired) electrons. The number of halogens is 1. The highest BCUT2D eigenvalue weighted by Gasteiger charge is 2.41. The number of rotatable bonds is 3. The van der Waals surface area contributed by atoms with Crippen LogP contribution in [0.25, 0.3) is 0 Å². The van der Waals surface area contributed by atoms with E-state index >= 15 is 0 Å². The van der Waals surface area contributed by atoms with Gasteiger partial charge in [0.25, 0.3) is 0 Å². The van der Waals surface area contributed by atoms with Crippen molar-refractivity contribution >= 4 is 0 Å². The maximum atomic E-state index is 13.7. The number of methoxy groups -OCH3 is 1. The third kappa shape index (κ3) is 1.90. The summed E-state index contributed by atoms with van der Waals surface area (Å²) in [5.74, 6) is -0.962. The van der Waals surface area contributed by atoms with E-state index in [-0.39, 0.29) is 17.9 Å². The summed E-state index contributed by atoms with van der Waals surface area (Å²) in [6, 6.07) is 2.85. The number of aromatic hydroxyl groups is 1. The number of hydrogen-bond acceptors (Lipinski definition) is 3. The summed E-state index contributed by atoms with van der Waals surface area (Å²) in [7, 11) is 1.30. The molecule has 0 aromatic heterocycles. The predicted molar refractivity (Wildman–Crippen MR) is 52.5 cm³/mol. The third-order valence-electron chi connectivity index (χ3n) is 2.71. The molecule has 0 heterocycles. The van der Waals surface area contributed by atoms with Crippen molar-refractivity contribution in [3.8, 4) is 11.5 Å². The van der Waals surface area contributed by atoms with E-state index in [1.165, 1.54) is 19.2 Å². The van der Waals surface area contributed by atoms with E-state index in [0.717, 1.165) is 0 Å². The zero-order valence-electron chi connectivity index (χ0n) is 8.46. The van der Waals surface area contributed by atoms with E-state index in [4.69, 9.17) is 4.74 Å². The van der Waals surface area contributed by atoms with Crippen LogP contribution in [0.4, 0.5) is 4.39 Å². The second-order valence-electron chi connectivity index (χ2n) is 3.99.